The van der Waals surface area contributed by atoms with Gasteiger partial charge in [0.15, 0.2) is 0 Å². The van der Waals surface area contributed by atoms with E-state index in [4.69, 9.17) is 0 Å². The van der Waals surface area contributed by atoms with Gasteiger partial charge in [0, 0.05) is 19.1 Å². The highest BCUT2D eigenvalue weighted by Gasteiger charge is 2.16. The molecule has 1 N–H and O–H groups in total. The molecule has 0 aliphatic carbocycles. The first-order valence-electron chi connectivity index (χ1n) is 6.36. The zero-order valence-corrected chi connectivity index (χ0v) is 10.4. The summed E-state index contributed by atoms with van der Waals surface area (Å²) in [6.07, 6.45) is 7.58. The van der Waals surface area contributed by atoms with E-state index in [1.54, 1.807) is 0 Å². The van der Waals surface area contributed by atoms with Crippen LogP contribution in [0.2, 0.25) is 0 Å². The Kier molecular flexibility index (Phi) is 6.16. The minimum Gasteiger partial charge on any atom is -0.342 e. The third kappa shape index (κ3) is 4.79. The van der Waals surface area contributed by atoms with Gasteiger partial charge in [-0.1, -0.05) is 6.08 Å². The van der Waals surface area contributed by atoms with Crippen LogP contribution in [0.3, 0.4) is 0 Å². The molecule has 1 aliphatic heterocycles. The highest BCUT2D eigenvalue weighted by molar-refractivity contribution is 5.78. The molecule has 0 aromatic carbocycles. The molecule has 0 aromatic rings. The van der Waals surface area contributed by atoms with E-state index in [9.17, 15) is 4.79 Å². The standard InChI is InChI=1S/C13H24N2O/c1-3-4-8-12(2)14-11-13(16)15-9-6-5-7-10-15/h3,12,14H,1,4-11H2,2H3. The lowest BCUT2D eigenvalue weighted by atomic mass is 10.1. The predicted octanol–water partition coefficient (Wildman–Crippen LogP) is 1.94. The maximum atomic E-state index is 11.8. The maximum absolute atomic E-state index is 11.8. The Hall–Kier alpha value is -0.830. The molecule has 0 aromatic heterocycles. The van der Waals surface area contributed by atoms with E-state index in [1.165, 1.54) is 6.42 Å². The van der Waals surface area contributed by atoms with Gasteiger partial charge in [-0.05, 0) is 39.0 Å². The number of hydrogen-bond donors (Lipinski definition) is 1. The van der Waals surface area contributed by atoms with Crippen LogP contribution in [0.1, 0.15) is 39.0 Å². The van der Waals surface area contributed by atoms with Gasteiger partial charge in [0.25, 0.3) is 0 Å². The third-order valence-electron chi connectivity index (χ3n) is 3.11. The fourth-order valence-electron chi connectivity index (χ4n) is 1.99. The number of nitrogens with one attached hydrogen (secondary N) is 1. The Morgan fingerprint density at radius 2 is 2.12 bits per heavy atom. The number of carbonyl (C=O) groups is 1. The topological polar surface area (TPSA) is 32.3 Å². The molecule has 1 heterocycles. The maximum Gasteiger partial charge on any atom is 0.236 e. The van der Waals surface area contributed by atoms with E-state index >= 15 is 0 Å². The zero-order chi connectivity index (χ0) is 11.8. The lowest BCUT2D eigenvalue weighted by molar-refractivity contribution is -0.131. The number of rotatable bonds is 6. The van der Waals surface area contributed by atoms with E-state index < -0.39 is 0 Å². The monoisotopic (exact) mass is 224 g/mol. The minimum atomic E-state index is 0.255. The highest BCUT2D eigenvalue weighted by Crippen LogP contribution is 2.08. The van der Waals surface area contributed by atoms with E-state index in [2.05, 4.69) is 18.8 Å². The van der Waals surface area contributed by atoms with Crippen LogP contribution in [0.5, 0.6) is 0 Å². The second kappa shape index (κ2) is 7.44. The number of carbonyl (C=O) groups excluding carboxylic acids is 1. The number of allylic oxidation sites excluding steroid dienone is 1. The summed E-state index contributed by atoms with van der Waals surface area (Å²) in [7, 11) is 0. The molecule has 92 valence electrons. The number of likely N-dealkylation sites (tertiary alicyclic amines) is 1. The van der Waals surface area contributed by atoms with Crippen LogP contribution in [-0.4, -0.2) is 36.5 Å². The normalized spacial score (nSPS) is 18.2. The molecule has 1 atom stereocenters. The summed E-state index contributed by atoms with van der Waals surface area (Å²) >= 11 is 0. The van der Waals surface area contributed by atoms with Crippen molar-refractivity contribution in [3.63, 3.8) is 0 Å². The molecule has 1 aliphatic rings. The lowest BCUT2D eigenvalue weighted by Crippen LogP contribution is -2.43. The van der Waals surface area contributed by atoms with Crippen LogP contribution < -0.4 is 5.32 Å². The van der Waals surface area contributed by atoms with Crippen LogP contribution in [0.25, 0.3) is 0 Å². The van der Waals surface area contributed by atoms with Crippen LogP contribution in [0.4, 0.5) is 0 Å². The van der Waals surface area contributed by atoms with E-state index in [0.717, 1.165) is 38.8 Å². The molecular formula is C13H24N2O. The first-order valence-corrected chi connectivity index (χ1v) is 6.36. The number of hydrogen-bond acceptors (Lipinski definition) is 2. The van der Waals surface area contributed by atoms with Crippen LogP contribution >= 0.6 is 0 Å². The summed E-state index contributed by atoms with van der Waals surface area (Å²) in [5, 5.41) is 3.28. The smallest absolute Gasteiger partial charge is 0.236 e. The summed E-state index contributed by atoms with van der Waals surface area (Å²) in [6, 6.07) is 0.395. The van der Waals surface area contributed by atoms with Crippen LogP contribution in [-0.2, 0) is 4.79 Å². The van der Waals surface area contributed by atoms with Crippen LogP contribution in [0, 0.1) is 0 Å². The van der Waals surface area contributed by atoms with E-state index in [0.29, 0.717) is 12.6 Å². The van der Waals surface area contributed by atoms with Crippen molar-refractivity contribution in [2.75, 3.05) is 19.6 Å². The van der Waals surface area contributed by atoms with Crippen molar-refractivity contribution < 1.29 is 4.79 Å². The average Bonchev–Trinajstić information content (AvgIpc) is 2.34. The summed E-state index contributed by atoms with van der Waals surface area (Å²) in [5.41, 5.74) is 0. The molecule has 1 rings (SSSR count). The molecule has 3 nitrogen and oxygen atoms in total. The molecular weight excluding hydrogens is 200 g/mol. The van der Waals surface area contributed by atoms with Gasteiger partial charge in [0.2, 0.25) is 5.91 Å². The molecule has 0 bridgehead atoms. The number of amides is 1. The van der Waals surface area contributed by atoms with Gasteiger partial charge < -0.3 is 10.2 Å². The summed E-state index contributed by atoms with van der Waals surface area (Å²) in [5.74, 6) is 0.255. The van der Waals surface area contributed by atoms with Gasteiger partial charge in [-0.3, -0.25) is 4.79 Å². The quantitative estimate of drug-likeness (QED) is 0.699. The Bertz CT molecular complexity index is 222. The van der Waals surface area contributed by atoms with Gasteiger partial charge in [-0.25, -0.2) is 0 Å². The van der Waals surface area contributed by atoms with Crippen molar-refractivity contribution in [2.24, 2.45) is 0 Å². The molecule has 1 amide bonds. The summed E-state index contributed by atoms with van der Waals surface area (Å²) in [6.45, 7) is 8.19. The molecule has 3 heteroatoms. The van der Waals surface area contributed by atoms with Crippen LogP contribution in [0.15, 0.2) is 12.7 Å². The molecule has 16 heavy (non-hydrogen) atoms. The lowest BCUT2D eigenvalue weighted by Gasteiger charge is -2.27. The Labute approximate surface area is 98.9 Å². The fourth-order valence-corrected chi connectivity index (χ4v) is 1.99. The number of nitrogens with zero attached hydrogens (tertiary/aromatic N) is 1. The van der Waals surface area contributed by atoms with Gasteiger partial charge in [0.05, 0.1) is 6.54 Å². The van der Waals surface area contributed by atoms with Crippen molar-refractivity contribution in [1.29, 1.82) is 0 Å². The second-order valence-electron chi connectivity index (χ2n) is 4.59. The van der Waals surface area contributed by atoms with Crippen molar-refractivity contribution >= 4 is 5.91 Å². The Balaban J connectivity index is 2.15. The molecule has 1 fully saturated rings. The largest absolute Gasteiger partial charge is 0.342 e. The fraction of sp³-hybridized carbons (Fsp3) is 0.769. The minimum absolute atomic E-state index is 0.255. The van der Waals surface area contributed by atoms with Crippen molar-refractivity contribution in [3.8, 4) is 0 Å². The Morgan fingerprint density at radius 1 is 1.44 bits per heavy atom. The highest BCUT2D eigenvalue weighted by atomic mass is 16.2. The molecule has 0 radical (unpaired) electrons. The molecule has 1 unspecified atom stereocenters. The van der Waals surface area contributed by atoms with Gasteiger partial charge in [0.1, 0.15) is 0 Å². The van der Waals surface area contributed by atoms with Crippen molar-refractivity contribution in [2.45, 2.75) is 45.1 Å². The first-order chi connectivity index (χ1) is 7.74. The van der Waals surface area contributed by atoms with Gasteiger partial charge in [-0.2, -0.15) is 0 Å². The van der Waals surface area contributed by atoms with E-state index in [1.807, 2.05) is 11.0 Å². The Morgan fingerprint density at radius 3 is 2.75 bits per heavy atom. The summed E-state index contributed by atoms with van der Waals surface area (Å²) < 4.78 is 0. The van der Waals surface area contributed by atoms with Gasteiger partial charge >= 0.3 is 0 Å². The van der Waals surface area contributed by atoms with Gasteiger partial charge in [-0.15, -0.1) is 6.58 Å². The molecule has 1 saturated heterocycles. The van der Waals surface area contributed by atoms with Crippen molar-refractivity contribution in [3.05, 3.63) is 12.7 Å². The summed E-state index contributed by atoms with van der Waals surface area (Å²) in [4.78, 5) is 13.8. The first kappa shape index (κ1) is 13.2. The second-order valence-corrected chi connectivity index (χ2v) is 4.59. The SMILES string of the molecule is C=CCCC(C)NCC(=O)N1CCCCC1. The molecule has 0 saturated carbocycles. The predicted molar refractivity (Wildman–Crippen MR) is 67.3 cm³/mol. The molecule has 0 spiro atoms. The zero-order valence-electron chi connectivity index (χ0n) is 10.4. The average molecular weight is 224 g/mol. The van der Waals surface area contributed by atoms with E-state index in [-0.39, 0.29) is 5.91 Å². The van der Waals surface area contributed by atoms with Crippen molar-refractivity contribution in [1.82, 2.24) is 10.2 Å². The number of piperidine rings is 1. The third-order valence-corrected chi connectivity index (χ3v) is 3.11.